The number of carbonyl (C=O) groups is 1. The van der Waals surface area contributed by atoms with Crippen molar-refractivity contribution in [3.63, 3.8) is 0 Å². The minimum atomic E-state index is -1.13. The Morgan fingerprint density at radius 3 is 2.50 bits per heavy atom. The number of ether oxygens (including phenoxy) is 1. The summed E-state index contributed by atoms with van der Waals surface area (Å²) in [4.78, 5) is 11.0. The molecule has 88 valence electrons. The van der Waals surface area contributed by atoms with Crippen molar-refractivity contribution < 1.29 is 19.0 Å². The van der Waals surface area contributed by atoms with E-state index >= 15 is 0 Å². The van der Waals surface area contributed by atoms with Gasteiger partial charge in [-0.2, -0.15) is 0 Å². The van der Waals surface area contributed by atoms with Crippen LogP contribution in [0.3, 0.4) is 0 Å². The van der Waals surface area contributed by atoms with Gasteiger partial charge in [-0.05, 0) is 30.0 Å². The summed E-state index contributed by atoms with van der Waals surface area (Å²) in [5, 5.41) is 9.46. The molecule has 1 N–H and O–H groups in total. The maximum absolute atomic E-state index is 12.7. The van der Waals surface area contributed by atoms with E-state index in [1.54, 1.807) is 12.1 Å². The third-order valence-electron chi connectivity index (χ3n) is 2.49. The number of methoxy groups -OCH3 is 1. The van der Waals surface area contributed by atoms with Gasteiger partial charge in [0.15, 0.2) is 6.10 Å². The number of carbonyl (C=O) groups excluding carboxylic acids is 1. The number of hydrogen-bond acceptors (Lipinski definition) is 3. The minimum Gasteiger partial charge on any atom is -0.467 e. The third-order valence-corrected chi connectivity index (χ3v) is 2.49. The molecule has 0 heterocycles. The number of hydrogen-bond donors (Lipinski definition) is 1. The Balaban J connectivity index is 2.61. The standard InChI is InChI=1S/C12H15FO3/c1-8(7-11(14)12(15)16-2)9-3-5-10(13)6-4-9/h3-6,8,11,14H,7H2,1-2H3. The molecule has 1 aromatic carbocycles. The zero-order valence-electron chi connectivity index (χ0n) is 9.31. The lowest BCUT2D eigenvalue weighted by Gasteiger charge is -2.15. The van der Waals surface area contributed by atoms with Crippen LogP contribution in [0, 0.1) is 5.82 Å². The van der Waals surface area contributed by atoms with Gasteiger partial charge in [-0.15, -0.1) is 0 Å². The fraction of sp³-hybridized carbons (Fsp3) is 0.417. The van der Waals surface area contributed by atoms with Crippen molar-refractivity contribution in [3.05, 3.63) is 35.6 Å². The Kier molecular flexibility index (Phi) is 4.43. The predicted octanol–water partition coefficient (Wildman–Crippen LogP) is 1.85. The van der Waals surface area contributed by atoms with Crippen LogP contribution in [0.5, 0.6) is 0 Å². The Morgan fingerprint density at radius 2 is 2.00 bits per heavy atom. The van der Waals surface area contributed by atoms with Crippen molar-refractivity contribution in [1.82, 2.24) is 0 Å². The highest BCUT2D eigenvalue weighted by Crippen LogP contribution is 2.21. The number of aliphatic hydroxyl groups is 1. The Labute approximate surface area is 93.9 Å². The van der Waals surface area contributed by atoms with Crippen LogP contribution in [0.15, 0.2) is 24.3 Å². The monoisotopic (exact) mass is 226 g/mol. The third kappa shape index (κ3) is 3.31. The molecular formula is C12H15FO3. The van der Waals surface area contributed by atoms with Gasteiger partial charge in [0.25, 0.3) is 0 Å². The van der Waals surface area contributed by atoms with Crippen molar-refractivity contribution >= 4 is 5.97 Å². The van der Waals surface area contributed by atoms with Crippen molar-refractivity contribution in [2.45, 2.75) is 25.4 Å². The molecule has 0 aliphatic carbocycles. The van der Waals surface area contributed by atoms with Crippen molar-refractivity contribution in [3.8, 4) is 0 Å². The second kappa shape index (κ2) is 5.61. The number of esters is 1. The van der Waals surface area contributed by atoms with E-state index in [-0.39, 0.29) is 18.2 Å². The highest BCUT2D eigenvalue weighted by molar-refractivity contribution is 5.74. The molecule has 1 aromatic rings. The van der Waals surface area contributed by atoms with Crippen LogP contribution < -0.4 is 0 Å². The van der Waals surface area contributed by atoms with Crippen LogP contribution in [0.4, 0.5) is 4.39 Å². The molecule has 1 rings (SSSR count). The molecule has 0 spiro atoms. The first-order valence-electron chi connectivity index (χ1n) is 5.06. The molecule has 2 unspecified atom stereocenters. The average molecular weight is 226 g/mol. The van der Waals surface area contributed by atoms with Crippen LogP contribution in [-0.2, 0) is 9.53 Å². The van der Waals surface area contributed by atoms with Gasteiger partial charge < -0.3 is 9.84 Å². The van der Waals surface area contributed by atoms with Gasteiger partial charge in [0, 0.05) is 0 Å². The topological polar surface area (TPSA) is 46.5 Å². The molecule has 0 aromatic heterocycles. The molecule has 0 radical (unpaired) electrons. The summed E-state index contributed by atoms with van der Waals surface area (Å²) in [6, 6.07) is 6.00. The van der Waals surface area contributed by atoms with Gasteiger partial charge in [-0.25, -0.2) is 9.18 Å². The SMILES string of the molecule is COC(=O)C(O)CC(C)c1ccc(F)cc1. The molecule has 0 aliphatic heterocycles. The first-order chi connectivity index (χ1) is 7.54. The molecular weight excluding hydrogens is 211 g/mol. The van der Waals surface area contributed by atoms with Crippen molar-refractivity contribution in [1.29, 1.82) is 0 Å². The second-order valence-electron chi connectivity index (χ2n) is 3.73. The van der Waals surface area contributed by atoms with Gasteiger partial charge in [-0.3, -0.25) is 0 Å². The van der Waals surface area contributed by atoms with E-state index < -0.39 is 12.1 Å². The lowest BCUT2D eigenvalue weighted by Crippen LogP contribution is -2.23. The van der Waals surface area contributed by atoms with Crippen LogP contribution >= 0.6 is 0 Å². The van der Waals surface area contributed by atoms with E-state index in [0.717, 1.165) is 5.56 Å². The summed E-state index contributed by atoms with van der Waals surface area (Å²) in [6.45, 7) is 1.86. The zero-order valence-corrected chi connectivity index (χ0v) is 9.31. The largest absolute Gasteiger partial charge is 0.467 e. The lowest BCUT2D eigenvalue weighted by molar-refractivity contribution is -0.150. The molecule has 16 heavy (non-hydrogen) atoms. The highest BCUT2D eigenvalue weighted by atomic mass is 19.1. The van der Waals surface area contributed by atoms with Crippen LogP contribution in [0.1, 0.15) is 24.8 Å². The fourth-order valence-electron chi connectivity index (χ4n) is 1.49. The van der Waals surface area contributed by atoms with Gasteiger partial charge in [0.05, 0.1) is 7.11 Å². The van der Waals surface area contributed by atoms with Gasteiger partial charge in [0.1, 0.15) is 5.82 Å². The summed E-state index contributed by atoms with van der Waals surface area (Å²) in [7, 11) is 1.23. The Hall–Kier alpha value is -1.42. The summed E-state index contributed by atoms with van der Waals surface area (Å²) in [5.74, 6) is -0.979. The molecule has 0 saturated heterocycles. The van der Waals surface area contributed by atoms with Gasteiger partial charge in [0.2, 0.25) is 0 Å². The minimum absolute atomic E-state index is 0.0327. The molecule has 4 heteroatoms. The van der Waals surface area contributed by atoms with E-state index in [0.29, 0.717) is 0 Å². The summed E-state index contributed by atoms with van der Waals surface area (Å²) >= 11 is 0. The highest BCUT2D eigenvalue weighted by Gasteiger charge is 2.19. The van der Waals surface area contributed by atoms with E-state index in [2.05, 4.69) is 4.74 Å². The number of benzene rings is 1. The smallest absolute Gasteiger partial charge is 0.334 e. The molecule has 0 bridgehead atoms. The fourth-order valence-corrected chi connectivity index (χ4v) is 1.49. The quantitative estimate of drug-likeness (QED) is 0.797. The maximum atomic E-state index is 12.7. The molecule has 3 nitrogen and oxygen atoms in total. The van der Waals surface area contributed by atoms with E-state index in [4.69, 9.17) is 0 Å². The molecule has 0 saturated carbocycles. The predicted molar refractivity (Wildman–Crippen MR) is 57.5 cm³/mol. The Bertz CT molecular complexity index is 348. The van der Waals surface area contributed by atoms with Gasteiger partial charge in [-0.1, -0.05) is 19.1 Å². The molecule has 0 fully saturated rings. The molecule has 0 amide bonds. The van der Waals surface area contributed by atoms with Crippen LogP contribution in [-0.4, -0.2) is 24.3 Å². The summed E-state index contributed by atoms with van der Waals surface area (Å²) in [6.07, 6.45) is -0.872. The number of rotatable bonds is 4. The lowest BCUT2D eigenvalue weighted by atomic mass is 9.95. The molecule has 2 atom stereocenters. The zero-order chi connectivity index (χ0) is 12.1. The normalized spacial score (nSPS) is 14.2. The average Bonchev–Trinajstić information content (AvgIpc) is 2.28. The van der Waals surface area contributed by atoms with E-state index in [1.807, 2.05) is 6.92 Å². The van der Waals surface area contributed by atoms with Crippen molar-refractivity contribution in [2.24, 2.45) is 0 Å². The van der Waals surface area contributed by atoms with Crippen LogP contribution in [0.2, 0.25) is 0 Å². The first-order valence-corrected chi connectivity index (χ1v) is 5.06. The number of aliphatic hydroxyl groups excluding tert-OH is 1. The van der Waals surface area contributed by atoms with E-state index in [1.165, 1.54) is 19.2 Å². The van der Waals surface area contributed by atoms with E-state index in [9.17, 15) is 14.3 Å². The number of halogens is 1. The Morgan fingerprint density at radius 1 is 1.44 bits per heavy atom. The van der Waals surface area contributed by atoms with Gasteiger partial charge >= 0.3 is 5.97 Å². The second-order valence-corrected chi connectivity index (χ2v) is 3.73. The summed E-state index contributed by atoms with van der Waals surface area (Å²) < 4.78 is 17.1. The van der Waals surface area contributed by atoms with Crippen molar-refractivity contribution in [2.75, 3.05) is 7.11 Å². The molecule has 0 aliphatic rings. The van der Waals surface area contributed by atoms with Crippen LogP contribution in [0.25, 0.3) is 0 Å². The summed E-state index contributed by atoms with van der Waals surface area (Å²) in [5.41, 5.74) is 0.879. The first kappa shape index (κ1) is 12.6. The maximum Gasteiger partial charge on any atom is 0.334 e.